The number of benzene rings is 2. The Hall–Kier alpha value is -3.69. The van der Waals surface area contributed by atoms with Crippen LogP contribution >= 0.6 is 0 Å². The number of hydrogen-bond acceptors (Lipinski definition) is 6. The van der Waals surface area contributed by atoms with Gasteiger partial charge in [0.25, 0.3) is 0 Å². The smallest absolute Gasteiger partial charge is 0.246 e. The summed E-state index contributed by atoms with van der Waals surface area (Å²) in [7, 11) is 1.72. The summed E-state index contributed by atoms with van der Waals surface area (Å²) in [6, 6.07) is 15.3. The molecule has 3 aromatic rings. The van der Waals surface area contributed by atoms with Crippen molar-refractivity contribution in [2.75, 3.05) is 38.4 Å². The molecule has 2 aliphatic carbocycles. The van der Waals surface area contributed by atoms with Crippen molar-refractivity contribution < 1.29 is 24.2 Å². The molecule has 2 N–H and O–H groups in total. The molecule has 260 valence electrons. The minimum absolute atomic E-state index is 0.000629. The fraction of sp³-hybridized carbons (Fsp3) is 0.564. The lowest BCUT2D eigenvalue weighted by molar-refractivity contribution is -0.127. The maximum absolute atomic E-state index is 14.4. The highest BCUT2D eigenvalue weighted by Gasteiger charge is 2.33. The van der Waals surface area contributed by atoms with Crippen molar-refractivity contribution in [2.24, 2.45) is 11.8 Å². The van der Waals surface area contributed by atoms with Crippen LogP contribution in [0.3, 0.4) is 0 Å². The summed E-state index contributed by atoms with van der Waals surface area (Å²) in [6.45, 7) is 7.47. The third-order valence-electron chi connectivity index (χ3n) is 10.2. The highest BCUT2D eigenvalue weighted by Crippen LogP contribution is 2.39. The second kappa shape index (κ2) is 17.1. The van der Waals surface area contributed by atoms with Crippen LogP contribution in [-0.4, -0.2) is 66.2 Å². The summed E-state index contributed by atoms with van der Waals surface area (Å²) in [5.41, 5.74) is 5.61. The quantitative estimate of drug-likeness (QED) is 0.184. The molecule has 2 aliphatic rings. The molecule has 2 fully saturated rings. The topological polar surface area (TPSA) is 106 Å². The molecule has 48 heavy (non-hydrogen) atoms. The molecule has 9 nitrogen and oxygen atoms in total. The number of amides is 2. The summed E-state index contributed by atoms with van der Waals surface area (Å²) in [5.74, 6) is 1.86. The van der Waals surface area contributed by atoms with Crippen LogP contribution in [0.1, 0.15) is 94.7 Å². The van der Waals surface area contributed by atoms with Gasteiger partial charge in [-0.25, -0.2) is 0 Å². The predicted octanol–water partition coefficient (Wildman–Crippen LogP) is 6.83. The van der Waals surface area contributed by atoms with Crippen molar-refractivity contribution in [1.29, 1.82) is 0 Å². The second-order valence-electron chi connectivity index (χ2n) is 14.0. The minimum Gasteiger partial charge on any atom is -0.496 e. The Morgan fingerprint density at radius 2 is 1.79 bits per heavy atom. The van der Waals surface area contributed by atoms with Crippen LogP contribution in [-0.2, 0) is 14.3 Å². The maximum atomic E-state index is 14.4. The van der Waals surface area contributed by atoms with E-state index in [2.05, 4.69) is 84.7 Å². The van der Waals surface area contributed by atoms with Crippen molar-refractivity contribution in [2.45, 2.75) is 96.6 Å². The number of carbonyl (C=O) groups excluding carboxylic acids is 2. The molecule has 0 unspecified atom stereocenters. The summed E-state index contributed by atoms with van der Waals surface area (Å²) in [4.78, 5) is 28.8. The van der Waals surface area contributed by atoms with Gasteiger partial charge in [0.05, 0.1) is 13.3 Å². The summed E-state index contributed by atoms with van der Waals surface area (Å²) >= 11 is 0. The van der Waals surface area contributed by atoms with Crippen LogP contribution in [0.15, 0.2) is 54.9 Å². The summed E-state index contributed by atoms with van der Waals surface area (Å²) < 4.78 is 12.8. The van der Waals surface area contributed by atoms with E-state index in [9.17, 15) is 9.59 Å². The highest BCUT2D eigenvalue weighted by molar-refractivity contribution is 5.95. The zero-order valence-corrected chi connectivity index (χ0v) is 29.2. The molecule has 0 spiro atoms. The van der Waals surface area contributed by atoms with Crippen LogP contribution in [0, 0.1) is 18.8 Å². The van der Waals surface area contributed by atoms with Crippen molar-refractivity contribution in [1.82, 2.24) is 15.1 Å². The molecule has 9 heteroatoms. The van der Waals surface area contributed by atoms with Crippen molar-refractivity contribution >= 4 is 17.5 Å². The number of aliphatic hydroxyl groups is 1. The Morgan fingerprint density at radius 3 is 2.46 bits per heavy atom. The van der Waals surface area contributed by atoms with E-state index in [0.29, 0.717) is 31.4 Å². The van der Waals surface area contributed by atoms with Gasteiger partial charge in [0.2, 0.25) is 11.8 Å². The van der Waals surface area contributed by atoms with Gasteiger partial charge in [-0.3, -0.25) is 14.3 Å². The van der Waals surface area contributed by atoms with Gasteiger partial charge in [-0.2, -0.15) is 5.10 Å². The van der Waals surface area contributed by atoms with E-state index in [1.54, 1.807) is 7.11 Å². The number of anilines is 1. The number of carbonyl (C=O) groups is 2. The Labute approximate surface area is 286 Å². The molecule has 0 aliphatic heterocycles. The number of aliphatic hydroxyl groups excluding tert-OH is 1. The van der Waals surface area contributed by atoms with Gasteiger partial charge in [0.15, 0.2) is 0 Å². The van der Waals surface area contributed by atoms with Gasteiger partial charge in [0, 0.05) is 55.2 Å². The molecule has 0 bridgehead atoms. The standard InChI is InChI=1S/C39H54N4O5/c1-27(2)43-25-34(23-40-43)32-7-5-8-36(22-32)42(24-29-9-11-30(12-10-29)33-15-18-37(47-4)28(3)21-33)39(46)31-13-16-35(17-14-31)41-38(45)26-48-20-6-19-44/h5,7-8,15,18,21-23,25,27,29-31,35,44H,6,9-14,16-17,19-20,24,26H2,1-4H3,(H,41,45). The molecular weight excluding hydrogens is 604 g/mol. The summed E-state index contributed by atoms with van der Waals surface area (Å²) in [6.07, 6.45) is 11.9. The number of nitrogens with one attached hydrogen (secondary N) is 1. The van der Waals surface area contributed by atoms with Gasteiger partial charge in [0.1, 0.15) is 12.4 Å². The Bertz CT molecular complexity index is 1490. The molecule has 5 rings (SSSR count). The highest BCUT2D eigenvalue weighted by atomic mass is 16.5. The fourth-order valence-corrected chi connectivity index (χ4v) is 7.34. The number of ether oxygens (including phenoxy) is 2. The zero-order chi connectivity index (χ0) is 34.0. The minimum atomic E-state index is -0.137. The molecule has 0 atom stereocenters. The summed E-state index contributed by atoms with van der Waals surface area (Å²) in [5, 5.41) is 16.5. The van der Waals surface area contributed by atoms with Crippen LogP contribution in [0.2, 0.25) is 0 Å². The average Bonchev–Trinajstić information content (AvgIpc) is 3.61. The SMILES string of the molecule is COc1ccc(C2CCC(CN(C(=O)C3CCC(NC(=O)COCCCO)CC3)c3cccc(-c4cnn(C(C)C)c4)c3)CC2)cc1C. The van der Waals surface area contributed by atoms with Gasteiger partial charge in [-0.1, -0.05) is 24.3 Å². The number of methoxy groups -OCH3 is 1. The number of hydrogen-bond donors (Lipinski definition) is 2. The molecular formula is C39H54N4O5. The normalized spacial score (nSPS) is 21.2. The van der Waals surface area contributed by atoms with E-state index in [4.69, 9.17) is 14.6 Å². The molecule has 1 aromatic heterocycles. The van der Waals surface area contributed by atoms with Crippen LogP contribution in [0.4, 0.5) is 5.69 Å². The van der Waals surface area contributed by atoms with Gasteiger partial charge < -0.3 is 24.8 Å². The Kier molecular flexibility index (Phi) is 12.7. The zero-order valence-electron chi connectivity index (χ0n) is 29.2. The van der Waals surface area contributed by atoms with Crippen LogP contribution < -0.4 is 15.0 Å². The van der Waals surface area contributed by atoms with Gasteiger partial charge in [-0.05, 0) is 125 Å². The van der Waals surface area contributed by atoms with Crippen molar-refractivity contribution in [3.8, 4) is 16.9 Å². The average molecular weight is 659 g/mol. The Balaban J connectivity index is 1.27. The van der Waals surface area contributed by atoms with E-state index in [-0.39, 0.29) is 43.0 Å². The molecule has 1 heterocycles. The predicted molar refractivity (Wildman–Crippen MR) is 189 cm³/mol. The van der Waals surface area contributed by atoms with Gasteiger partial charge in [-0.15, -0.1) is 0 Å². The lowest BCUT2D eigenvalue weighted by Gasteiger charge is -2.36. The number of rotatable bonds is 14. The number of aromatic nitrogens is 2. The van der Waals surface area contributed by atoms with E-state index < -0.39 is 0 Å². The van der Waals surface area contributed by atoms with E-state index in [1.165, 1.54) is 11.1 Å². The monoisotopic (exact) mass is 658 g/mol. The third kappa shape index (κ3) is 9.26. The largest absolute Gasteiger partial charge is 0.496 e. The number of nitrogens with zero attached hydrogens (tertiary/aromatic N) is 3. The van der Waals surface area contributed by atoms with E-state index in [1.807, 2.05) is 10.9 Å². The molecule has 0 saturated heterocycles. The third-order valence-corrected chi connectivity index (χ3v) is 10.2. The van der Waals surface area contributed by atoms with Crippen molar-refractivity contribution in [3.05, 3.63) is 66.0 Å². The first-order valence-corrected chi connectivity index (χ1v) is 17.8. The Morgan fingerprint density at radius 1 is 1.02 bits per heavy atom. The van der Waals surface area contributed by atoms with Crippen molar-refractivity contribution in [3.63, 3.8) is 0 Å². The molecule has 0 radical (unpaired) electrons. The van der Waals surface area contributed by atoms with Gasteiger partial charge >= 0.3 is 0 Å². The van der Waals surface area contributed by atoms with E-state index in [0.717, 1.165) is 73.9 Å². The van der Waals surface area contributed by atoms with Crippen LogP contribution in [0.5, 0.6) is 5.75 Å². The number of aryl methyl sites for hydroxylation is 1. The van der Waals surface area contributed by atoms with Crippen LogP contribution in [0.25, 0.3) is 11.1 Å². The second-order valence-corrected chi connectivity index (χ2v) is 14.0. The maximum Gasteiger partial charge on any atom is 0.246 e. The first-order valence-electron chi connectivity index (χ1n) is 17.8. The molecule has 2 aromatic carbocycles. The lowest BCUT2D eigenvalue weighted by Crippen LogP contribution is -2.44. The first-order chi connectivity index (χ1) is 23.2. The lowest BCUT2D eigenvalue weighted by atomic mass is 9.78. The van der Waals surface area contributed by atoms with E-state index >= 15 is 0 Å². The first kappa shape index (κ1) is 35.6. The molecule has 2 saturated carbocycles. The molecule has 2 amide bonds. The fourth-order valence-electron chi connectivity index (χ4n) is 7.34.